The average Bonchev–Trinajstić information content (AvgIpc) is 2.62. The molecule has 0 saturated heterocycles. The molecular weight excluding hydrogens is 156 g/mol. The number of ether oxygens (including phenoxy) is 1. The fourth-order valence-electron chi connectivity index (χ4n) is 1.14. The highest BCUT2D eigenvalue weighted by Crippen LogP contribution is 2.38. The highest BCUT2D eigenvalue weighted by Gasteiger charge is 2.41. The Hall–Kier alpha value is -0.830. The second-order valence-electron chi connectivity index (χ2n) is 3.41. The van der Waals surface area contributed by atoms with E-state index in [0.29, 0.717) is 6.61 Å². The topological polar surface area (TPSA) is 46.5 Å². The zero-order valence-electron chi connectivity index (χ0n) is 7.63. The van der Waals surface area contributed by atoms with E-state index in [0.717, 1.165) is 5.57 Å². The SMILES string of the molecule is CCOC(=O)[C@@H]1C=C1C(C)(C)O. The molecule has 0 unspecified atom stereocenters. The van der Waals surface area contributed by atoms with Crippen LogP contribution >= 0.6 is 0 Å². The van der Waals surface area contributed by atoms with Gasteiger partial charge in [-0.3, -0.25) is 4.79 Å². The van der Waals surface area contributed by atoms with E-state index in [1.165, 1.54) is 0 Å². The molecule has 0 spiro atoms. The molecule has 1 atom stereocenters. The molecule has 0 saturated carbocycles. The number of rotatable bonds is 3. The van der Waals surface area contributed by atoms with Gasteiger partial charge in [0.2, 0.25) is 0 Å². The fourth-order valence-corrected chi connectivity index (χ4v) is 1.14. The lowest BCUT2D eigenvalue weighted by atomic mass is 10.0. The van der Waals surface area contributed by atoms with Gasteiger partial charge in [0.1, 0.15) is 0 Å². The predicted octanol–water partition coefficient (Wildman–Crippen LogP) is 0.877. The first-order chi connectivity index (χ1) is 5.46. The zero-order valence-corrected chi connectivity index (χ0v) is 7.63. The Morgan fingerprint density at radius 2 is 2.33 bits per heavy atom. The third kappa shape index (κ3) is 1.85. The summed E-state index contributed by atoms with van der Waals surface area (Å²) in [6, 6.07) is 0. The molecule has 0 aromatic rings. The van der Waals surface area contributed by atoms with Crippen molar-refractivity contribution >= 4 is 5.97 Å². The Labute approximate surface area is 72.0 Å². The minimum Gasteiger partial charge on any atom is -0.465 e. The maximum Gasteiger partial charge on any atom is 0.317 e. The van der Waals surface area contributed by atoms with Gasteiger partial charge < -0.3 is 9.84 Å². The smallest absolute Gasteiger partial charge is 0.317 e. The van der Waals surface area contributed by atoms with E-state index in [9.17, 15) is 9.90 Å². The first kappa shape index (κ1) is 9.26. The summed E-state index contributed by atoms with van der Waals surface area (Å²) in [5.74, 6) is -0.528. The quantitative estimate of drug-likeness (QED) is 0.505. The van der Waals surface area contributed by atoms with Gasteiger partial charge in [0.05, 0.1) is 18.1 Å². The summed E-state index contributed by atoms with van der Waals surface area (Å²) in [4.78, 5) is 11.1. The maximum atomic E-state index is 11.1. The summed E-state index contributed by atoms with van der Waals surface area (Å²) in [5.41, 5.74) is -0.113. The molecule has 0 aliphatic heterocycles. The summed E-state index contributed by atoms with van der Waals surface area (Å²) < 4.78 is 4.79. The van der Waals surface area contributed by atoms with E-state index < -0.39 is 5.60 Å². The van der Waals surface area contributed by atoms with Crippen molar-refractivity contribution in [1.82, 2.24) is 0 Å². The van der Waals surface area contributed by atoms with E-state index in [1.807, 2.05) is 0 Å². The van der Waals surface area contributed by atoms with Gasteiger partial charge in [-0.2, -0.15) is 0 Å². The van der Waals surface area contributed by atoms with Crippen LogP contribution in [0.4, 0.5) is 0 Å². The van der Waals surface area contributed by atoms with Crippen molar-refractivity contribution in [2.45, 2.75) is 26.4 Å². The van der Waals surface area contributed by atoms with Crippen LogP contribution in [0.5, 0.6) is 0 Å². The standard InChI is InChI=1S/C9H14O3/c1-4-12-8(10)6-5-7(6)9(2,3)11/h5-6,11H,4H2,1-3H3/t6-/m1/s1. The highest BCUT2D eigenvalue weighted by atomic mass is 16.5. The van der Waals surface area contributed by atoms with E-state index in [2.05, 4.69) is 0 Å². The van der Waals surface area contributed by atoms with Crippen molar-refractivity contribution in [3.05, 3.63) is 11.6 Å². The largest absolute Gasteiger partial charge is 0.465 e. The van der Waals surface area contributed by atoms with E-state index in [1.54, 1.807) is 26.8 Å². The highest BCUT2D eigenvalue weighted by molar-refractivity contribution is 5.84. The van der Waals surface area contributed by atoms with E-state index >= 15 is 0 Å². The number of hydrogen-bond donors (Lipinski definition) is 1. The minimum atomic E-state index is -0.878. The molecule has 0 amide bonds. The van der Waals surface area contributed by atoms with Crippen LogP contribution in [0.15, 0.2) is 11.6 Å². The van der Waals surface area contributed by atoms with Crippen LogP contribution in [-0.4, -0.2) is 23.3 Å². The van der Waals surface area contributed by atoms with Crippen LogP contribution in [0, 0.1) is 5.92 Å². The van der Waals surface area contributed by atoms with Crippen LogP contribution < -0.4 is 0 Å². The monoisotopic (exact) mass is 170 g/mol. The second kappa shape index (κ2) is 2.90. The lowest BCUT2D eigenvalue weighted by Gasteiger charge is -2.14. The minimum absolute atomic E-state index is 0.255. The van der Waals surface area contributed by atoms with E-state index in [4.69, 9.17) is 4.74 Å². The Morgan fingerprint density at radius 1 is 1.75 bits per heavy atom. The predicted molar refractivity (Wildman–Crippen MR) is 44.5 cm³/mol. The third-order valence-corrected chi connectivity index (χ3v) is 1.82. The molecule has 1 rings (SSSR count). The number of carbonyl (C=O) groups is 1. The lowest BCUT2D eigenvalue weighted by molar-refractivity contribution is -0.144. The van der Waals surface area contributed by atoms with Crippen LogP contribution in [0.3, 0.4) is 0 Å². The Bertz CT molecular complexity index is 222. The summed E-state index contributed by atoms with van der Waals surface area (Å²) in [6.45, 7) is 5.49. The van der Waals surface area contributed by atoms with Crippen molar-refractivity contribution in [1.29, 1.82) is 0 Å². The molecule has 3 nitrogen and oxygen atoms in total. The van der Waals surface area contributed by atoms with Gasteiger partial charge in [-0.25, -0.2) is 0 Å². The van der Waals surface area contributed by atoms with Crippen LogP contribution in [0.1, 0.15) is 20.8 Å². The Morgan fingerprint density at radius 3 is 2.67 bits per heavy atom. The average molecular weight is 170 g/mol. The Balaban J connectivity index is 2.41. The number of carbonyl (C=O) groups excluding carboxylic acids is 1. The molecule has 0 heterocycles. The number of hydrogen-bond acceptors (Lipinski definition) is 3. The lowest BCUT2D eigenvalue weighted by Crippen LogP contribution is -2.21. The van der Waals surface area contributed by atoms with Crippen molar-refractivity contribution in [2.75, 3.05) is 6.61 Å². The molecule has 0 aromatic carbocycles. The van der Waals surface area contributed by atoms with Gasteiger partial charge in [-0.05, 0) is 26.3 Å². The molecule has 1 N–H and O–H groups in total. The van der Waals surface area contributed by atoms with Gasteiger partial charge in [0.25, 0.3) is 0 Å². The summed E-state index contributed by atoms with van der Waals surface area (Å²) in [5, 5.41) is 9.47. The molecule has 0 radical (unpaired) electrons. The third-order valence-electron chi connectivity index (χ3n) is 1.82. The molecule has 3 heteroatoms. The summed E-state index contributed by atoms with van der Waals surface area (Å²) >= 11 is 0. The van der Waals surface area contributed by atoms with E-state index in [-0.39, 0.29) is 11.9 Å². The molecule has 0 fully saturated rings. The van der Waals surface area contributed by atoms with Gasteiger partial charge in [-0.15, -0.1) is 0 Å². The van der Waals surface area contributed by atoms with Crippen molar-refractivity contribution in [3.8, 4) is 0 Å². The fraction of sp³-hybridized carbons (Fsp3) is 0.667. The molecule has 0 aromatic heterocycles. The summed E-state index contributed by atoms with van der Waals surface area (Å²) in [7, 11) is 0. The molecule has 0 bridgehead atoms. The van der Waals surface area contributed by atoms with Crippen LogP contribution in [-0.2, 0) is 9.53 Å². The first-order valence-corrected chi connectivity index (χ1v) is 4.08. The van der Waals surface area contributed by atoms with Crippen LogP contribution in [0.2, 0.25) is 0 Å². The van der Waals surface area contributed by atoms with Gasteiger partial charge in [0, 0.05) is 0 Å². The second-order valence-corrected chi connectivity index (χ2v) is 3.41. The normalized spacial score (nSPS) is 21.7. The van der Waals surface area contributed by atoms with Gasteiger partial charge in [-0.1, -0.05) is 6.08 Å². The van der Waals surface area contributed by atoms with Crippen molar-refractivity contribution in [2.24, 2.45) is 5.92 Å². The maximum absolute atomic E-state index is 11.1. The molecule has 12 heavy (non-hydrogen) atoms. The number of esters is 1. The van der Waals surface area contributed by atoms with Crippen molar-refractivity contribution in [3.63, 3.8) is 0 Å². The Kier molecular flexibility index (Phi) is 2.24. The molecular formula is C9H14O3. The summed E-state index contributed by atoms with van der Waals surface area (Å²) in [6.07, 6.45) is 1.73. The molecule has 1 aliphatic carbocycles. The zero-order chi connectivity index (χ0) is 9.35. The van der Waals surface area contributed by atoms with Gasteiger partial charge >= 0.3 is 5.97 Å². The molecule has 1 aliphatic rings. The van der Waals surface area contributed by atoms with Gasteiger partial charge in [0.15, 0.2) is 0 Å². The number of aliphatic hydroxyl groups is 1. The molecule has 68 valence electrons. The van der Waals surface area contributed by atoms with Crippen LogP contribution in [0.25, 0.3) is 0 Å². The van der Waals surface area contributed by atoms with Crippen molar-refractivity contribution < 1.29 is 14.6 Å². The first-order valence-electron chi connectivity index (χ1n) is 4.08.